The van der Waals surface area contributed by atoms with Crippen LogP contribution >= 0.6 is 0 Å². The van der Waals surface area contributed by atoms with E-state index in [1.807, 2.05) is 30.3 Å². The zero-order valence-electron chi connectivity index (χ0n) is 22.9. The van der Waals surface area contributed by atoms with E-state index < -0.39 is 6.04 Å². The number of fused-ring (bicyclic) bond motifs is 1. The molecular formula is C30H33N5O5. The molecule has 40 heavy (non-hydrogen) atoms. The van der Waals surface area contributed by atoms with E-state index in [1.54, 1.807) is 43.5 Å². The van der Waals surface area contributed by atoms with Crippen LogP contribution < -0.4 is 24.4 Å². The fraction of sp³-hybridized carbons (Fsp3) is 0.333. The summed E-state index contributed by atoms with van der Waals surface area (Å²) in [7, 11) is 4.63. The SMILES string of the molecule is COc1ccc([C@H](C(=O)NC2CCCC2)N(C(=O)Cn2nnc3ccccc32)c2ccccc2OC)c(OC)c1. The number of aromatic nitrogens is 3. The molecule has 10 heteroatoms. The first-order valence-electron chi connectivity index (χ1n) is 13.3. The molecule has 5 rings (SSSR count). The Hall–Kier alpha value is -4.60. The van der Waals surface area contributed by atoms with Gasteiger partial charge in [-0.15, -0.1) is 5.10 Å². The normalized spacial score (nSPS) is 14.1. The van der Waals surface area contributed by atoms with Crippen molar-refractivity contribution in [2.45, 2.75) is 44.3 Å². The lowest BCUT2D eigenvalue weighted by molar-refractivity contribution is -0.127. The molecule has 0 saturated heterocycles. The van der Waals surface area contributed by atoms with Crippen molar-refractivity contribution in [3.63, 3.8) is 0 Å². The summed E-state index contributed by atoms with van der Waals surface area (Å²) < 4.78 is 18.3. The van der Waals surface area contributed by atoms with Crippen LogP contribution in [0.15, 0.2) is 66.7 Å². The molecule has 0 unspecified atom stereocenters. The third kappa shape index (κ3) is 5.42. The van der Waals surface area contributed by atoms with Gasteiger partial charge in [0.1, 0.15) is 35.4 Å². The topological polar surface area (TPSA) is 108 Å². The predicted molar refractivity (Wildman–Crippen MR) is 151 cm³/mol. The molecule has 1 aromatic heterocycles. The van der Waals surface area contributed by atoms with Crippen molar-refractivity contribution in [3.8, 4) is 17.2 Å². The molecule has 1 fully saturated rings. The maximum atomic E-state index is 14.3. The van der Waals surface area contributed by atoms with E-state index in [0.29, 0.717) is 39.5 Å². The van der Waals surface area contributed by atoms with Gasteiger partial charge < -0.3 is 19.5 Å². The van der Waals surface area contributed by atoms with Crippen LogP contribution in [0.25, 0.3) is 11.0 Å². The van der Waals surface area contributed by atoms with Gasteiger partial charge >= 0.3 is 0 Å². The molecule has 1 heterocycles. The Morgan fingerprint density at radius 2 is 1.68 bits per heavy atom. The first-order valence-corrected chi connectivity index (χ1v) is 13.3. The molecule has 0 spiro atoms. The number of nitrogens with one attached hydrogen (secondary N) is 1. The Labute approximate surface area is 232 Å². The van der Waals surface area contributed by atoms with Crippen molar-refractivity contribution in [2.24, 2.45) is 0 Å². The van der Waals surface area contributed by atoms with Crippen LogP contribution in [0.3, 0.4) is 0 Å². The highest BCUT2D eigenvalue weighted by Gasteiger charge is 2.37. The molecule has 4 aromatic rings. The summed E-state index contributed by atoms with van der Waals surface area (Å²) in [5.41, 5.74) is 2.35. The molecule has 0 aliphatic heterocycles. The van der Waals surface area contributed by atoms with E-state index in [2.05, 4.69) is 15.6 Å². The minimum Gasteiger partial charge on any atom is -0.497 e. The van der Waals surface area contributed by atoms with Crippen molar-refractivity contribution < 1.29 is 23.8 Å². The first-order chi connectivity index (χ1) is 19.5. The smallest absolute Gasteiger partial charge is 0.249 e. The molecule has 10 nitrogen and oxygen atoms in total. The van der Waals surface area contributed by atoms with Crippen LogP contribution in [0, 0.1) is 0 Å². The third-order valence-electron chi connectivity index (χ3n) is 7.26. The maximum absolute atomic E-state index is 14.3. The highest BCUT2D eigenvalue weighted by Crippen LogP contribution is 2.39. The van der Waals surface area contributed by atoms with E-state index in [4.69, 9.17) is 14.2 Å². The molecule has 0 radical (unpaired) electrons. The average Bonchev–Trinajstić information content (AvgIpc) is 3.65. The number of rotatable bonds is 10. The molecule has 1 aliphatic carbocycles. The minimum absolute atomic E-state index is 0.0353. The Morgan fingerprint density at radius 3 is 2.42 bits per heavy atom. The van der Waals surface area contributed by atoms with E-state index >= 15 is 0 Å². The summed E-state index contributed by atoms with van der Waals surface area (Å²) in [5.74, 6) is 0.762. The van der Waals surface area contributed by atoms with Crippen LogP contribution in [0.5, 0.6) is 17.2 Å². The van der Waals surface area contributed by atoms with E-state index in [0.717, 1.165) is 25.7 Å². The molecule has 1 aliphatic rings. The number of nitrogens with zero attached hydrogens (tertiary/aromatic N) is 4. The Morgan fingerprint density at radius 1 is 0.950 bits per heavy atom. The minimum atomic E-state index is -1.07. The summed E-state index contributed by atoms with van der Waals surface area (Å²) in [4.78, 5) is 30.0. The Kier molecular flexibility index (Phi) is 8.14. The van der Waals surface area contributed by atoms with Gasteiger partial charge in [0.15, 0.2) is 0 Å². The number of benzene rings is 3. The van der Waals surface area contributed by atoms with Crippen molar-refractivity contribution in [3.05, 3.63) is 72.3 Å². The monoisotopic (exact) mass is 543 g/mol. The maximum Gasteiger partial charge on any atom is 0.249 e. The van der Waals surface area contributed by atoms with Gasteiger partial charge in [-0.2, -0.15) is 0 Å². The lowest BCUT2D eigenvalue weighted by atomic mass is 10.0. The van der Waals surface area contributed by atoms with Gasteiger partial charge in [-0.25, -0.2) is 4.68 Å². The van der Waals surface area contributed by atoms with Crippen LogP contribution in [0.4, 0.5) is 5.69 Å². The highest BCUT2D eigenvalue weighted by atomic mass is 16.5. The number of anilines is 1. The molecular weight excluding hydrogens is 510 g/mol. The molecule has 1 N–H and O–H groups in total. The zero-order valence-corrected chi connectivity index (χ0v) is 22.9. The molecule has 2 amide bonds. The number of hydrogen-bond acceptors (Lipinski definition) is 7. The van der Waals surface area contributed by atoms with Gasteiger partial charge in [-0.1, -0.05) is 42.3 Å². The van der Waals surface area contributed by atoms with Gasteiger partial charge in [0.05, 0.1) is 32.5 Å². The van der Waals surface area contributed by atoms with Gasteiger partial charge in [0, 0.05) is 17.7 Å². The van der Waals surface area contributed by atoms with Crippen molar-refractivity contribution >= 4 is 28.5 Å². The largest absolute Gasteiger partial charge is 0.497 e. The van der Waals surface area contributed by atoms with E-state index in [-0.39, 0.29) is 24.4 Å². The Bertz CT molecular complexity index is 1500. The highest BCUT2D eigenvalue weighted by molar-refractivity contribution is 6.03. The average molecular weight is 544 g/mol. The van der Waals surface area contributed by atoms with E-state index in [1.165, 1.54) is 23.8 Å². The van der Waals surface area contributed by atoms with Crippen molar-refractivity contribution in [2.75, 3.05) is 26.2 Å². The summed E-state index contributed by atoms with van der Waals surface area (Å²) in [6.45, 7) is -0.149. The quantitative estimate of drug-likeness (QED) is 0.318. The van der Waals surface area contributed by atoms with Crippen molar-refractivity contribution in [1.29, 1.82) is 0 Å². The molecule has 1 saturated carbocycles. The fourth-order valence-corrected chi connectivity index (χ4v) is 5.28. The molecule has 208 valence electrons. The number of hydrogen-bond donors (Lipinski definition) is 1. The van der Waals surface area contributed by atoms with Crippen LogP contribution in [0.1, 0.15) is 37.3 Å². The van der Waals surface area contributed by atoms with Crippen LogP contribution in [0.2, 0.25) is 0 Å². The van der Waals surface area contributed by atoms with Gasteiger partial charge in [0.25, 0.3) is 0 Å². The summed E-state index contributed by atoms with van der Waals surface area (Å²) >= 11 is 0. The second-order valence-electron chi connectivity index (χ2n) is 9.67. The lowest BCUT2D eigenvalue weighted by Crippen LogP contribution is -2.47. The Balaban J connectivity index is 1.65. The van der Waals surface area contributed by atoms with Gasteiger partial charge in [-0.05, 0) is 49.2 Å². The number of carbonyl (C=O) groups is 2. The number of amides is 2. The first kappa shape index (κ1) is 27.0. The molecule has 1 atom stereocenters. The number of ether oxygens (including phenoxy) is 3. The predicted octanol–water partition coefficient (Wildman–Crippen LogP) is 4.29. The van der Waals surface area contributed by atoms with Gasteiger partial charge in [-0.3, -0.25) is 14.5 Å². The summed E-state index contributed by atoms with van der Waals surface area (Å²) in [5, 5.41) is 11.6. The van der Waals surface area contributed by atoms with E-state index in [9.17, 15) is 9.59 Å². The molecule has 0 bridgehead atoms. The number of methoxy groups -OCH3 is 3. The van der Waals surface area contributed by atoms with Crippen LogP contribution in [-0.2, 0) is 16.1 Å². The van der Waals surface area contributed by atoms with Crippen LogP contribution in [-0.4, -0.2) is 54.2 Å². The second-order valence-corrected chi connectivity index (χ2v) is 9.67. The number of carbonyl (C=O) groups excluding carboxylic acids is 2. The standard InChI is InChI=1S/C30H33N5O5/c1-38-21-16-17-22(27(18-21)40-3)29(30(37)31-20-10-4-5-11-20)35(25-14-8-9-15-26(25)39-2)28(36)19-34-24-13-7-6-12-23(24)32-33-34/h6-9,12-18,20,29H,4-5,10-11,19H2,1-3H3,(H,31,37)/t29-/m1/s1. The fourth-order valence-electron chi connectivity index (χ4n) is 5.28. The molecule has 3 aromatic carbocycles. The van der Waals surface area contributed by atoms with Gasteiger partial charge in [0.2, 0.25) is 11.8 Å². The third-order valence-corrected chi connectivity index (χ3v) is 7.26. The summed E-state index contributed by atoms with van der Waals surface area (Å²) in [6.07, 6.45) is 3.89. The van der Waals surface area contributed by atoms with Crippen molar-refractivity contribution in [1.82, 2.24) is 20.3 Å². The summed E-state index contributed by atoms with van der Waals surface area (Å²) in [6, 6.07) is 18.8. The second kappa shape index (κ2) is 12.1. The lowest BCUT2D eigenvalue weighted by Gasteiger charge is -2.33. The zero-order chi connectivity index (χ0) is 28.1. The number of para-hydroxylation sites is 3.